The number of nitrogens with zero attached hydrogens (tertiary/aromatic N) is 1. The predicted octanol–water partition coefficient (Wildman–Crippen LogP) is 4.16. The summed E-state index contributed by atoms with van der Waals surface area (Å²) in [4.78, 5) is 14.3. The molecule has 1 aromatic heterocycles. The smallest absolute Gasteiger partial charge is 0.339 e. The summed E-state index contributed by atoms with van der Waals surface area (Å²) in [5.41, 5.74) is 3.39. The summed E-state index contributed by atoms with van der Waals surface area (Å²) in [6.07, 6.45) is 0.636. The number of benzene rings is 2. The lowest BCUT2D eigenvalue weighted by Crippen LogP contribution is -2.32. The Morgan fingerprint density at radius 1 is 1.19 bits per heavy atom. The van der Waals surface area contributed by atoms with Crippen LogP contribution < -0.4 is 10.4 Å². The Bertz CT molecular complexity index is 1040. The molecule has 0 unspecified atom stereocenters. The molecule has 1 aliphatic rings. The van der Waals surface area contributed by atoms with E-state index in [4.69, 9.17) is 9.15 Å². The van der Waals surface area contributed by atoms with Gasteiger partial charge in [0.05, 0.1) is 5.56 Å². The van der Waals surface area contributed by atoms with E-state index >= 15 is 0 Å². The van der Waals surface area contributed by atoms with Crippen molar-refractivity contribution in [1.82, 2.24) is 4.90 Å². The standard InChI is InChI=1S/C21H20FNO3/c1-3-15-13(2)16-8-9-19-17(20(16)26-21(15)24)11-23(12-25-19)10-14-6-4-5-7-18(14)22/h4-9H,3,10-12H2,1-2H3. The summed E-state index contributed by atoms with van der Waals surface area (Å²) < 4.78 is 25.4. The molecule has 0 saturated heterocycles. The van der Waals surface area contributed by atoms with Crippen molar-refractivity contribution in [3.05, 3.63) is 74.9 Å². The molecule has 4 rings (SSSR count). The molecule has 0 fully saturated rings. The van der Waals surface area contributed by atoms with Crippen LogP contribution in [0.3, 0.4) is 0 Å². The van der Waals surface area contributed by atoms with Gasteiger partial charge in [0.15, 0.2) is 0 Å². The maximum Gasteiger partial charge on any atom is 0.339 e. The van der Waals surface area contributed by atoms with E-state index in [1.165, 1.54) is 6.07 Å². The van der Waals surface area contributed by atoms with E-state index in [0.717, 1.165) is 16.5 Å². The van der Waals surface area contributed by atoms with Gasteiger partial charge in [-0.05, 0) is 37.1 Å². The van der Waals surface area contributed by atoms with Gasteiger partial charge in [0, 0.05) is 29.6 Å². The lowest BCUT2D eigenvalue weighted by Gasteiger charge is -2.29. The van der Waals surface area contributed by atoms with Crippen molar-refractivity contribution in [2.75, 3.05) is 6.73 Å². The third-order valence-corrected chi connectivity index (χ3v) is 5.01. The molecular weight excluding hydrogens is 333 g/mol. The average Bonchev–Trinajstić information content (AvgIpc) is 2.64. The highest BCUT2D eigenvalue weighted by Gasteiger charge is 2.23. The van der Waals surface area contributed by atoms with E-state index in [9.17, 15) is 9.18 Å². The Hall–Kier alpha value is -2.66. The van der Waals surface area contributed by atoms with E-state index in [-0.39, 0.29) is 11.4 Å². The molecule has 4 nitrogen and oxygen atoms in total. The van der Waals surface area contributed by atoms with Crippen LogP contribution >= 0.6 is 0 Å². The van der Waals surface area contributed by atoms with E-state index in [1.54, 1.807) is 12.1 Å². The number of fused-ring (bicyclic) bond motifs is 3. The monoisotopic (exact) mass is 353 g/mol. The molecule has 0 spiro atoms. The zero-order valence-electron chi connectivity index (χ0n) is 14.8. The molecule has 134 valence electrons. The van der Waals surface area contributed by atoms with Gasteiger partial charge in [0.1, 0.15) is 23.9 Å². The van der Waals surface area contributed by atoms with Crippen LogP contribution in [0, 0.1) is 12.7 Å². The molecule has 0 atom stereocenters. The molecule has 0 aliphatic carbocycles. The van der Waals surface area contributed by atoms with Gasteiger partial charge < -0.3 is 9.15 Å². The molecule has 0 bridgehead atoms. The number of halogens is 1. The summed E-state index contributed by atoms with van der Waals surface area (Å²) >= 11 is 0. The van der Waals surface area contributed by atoms with Crippen molar-refractivity contribution >= 4 is 11.0 Å². The summed E-state index contributed by atoms with van der Waals surface area (Å²) in [6, 6.07) is 10.6. The summed E-state index contributed by atoms with van der Waals surface area (Å²) in [5, 5.41) is 0.927. The highest BCUT2D eigenvalue weighted by Crippen LogP contribution is 2.34. The van der Waals surface area contributed by atoms with Gasteiger partial charge in [-0.3, -0.25) is 4.90 Å². The lowest BCUT2D eigenvalue weighted by molar-refractivity contribution is 0.0879. The molecule has 1 aliphatic heterocycles. The molecular formula is C21H20FNO3. The van der Waals surface area contributed by atoms with Crippen molar-refractivity contribution < 1.29 is 13.5 Å². The Morgan fingerprint density at radius 2 is 2.00 bits per heavy atom. The fraction of sp³-hybridized carbons (Fsp3) is 0.286. The van der Waals surface area contributed by atoms with Crippen LogP contribution in [0.2, 0.25) is 0 Å². The van der Waals surface area contributed by atoms with Gasteiger partial charge in [0.25, 0.3) is 0 Å². The van der Waals surface area contributed by atoms with Crippen LogP contribution in [0.5, 0.6) is 5.75 Å². The molecule has 0 N–H and O–H groups in total. The van der Waals surface area contributed by atoms with E-state index in [0.29, 0.717) is 48.7 Å². The van der Waals surface area contributed by atoms with Crippen LogP contribution in [0.1, 0.15) is 29.2 Å². The number of rotatable bonds is 3. The molecule has 0 saturated carbocycles. The summed E-state index contributed by atoms with van der Waals surface area (Å²) in [7, 11) is 0. The van der Waals surface area contributed by atoms with Gasteiger partial charge in [-0.15, -0.1) is 0 Å². The van der Waals surface area contributed by atoms with Gasteiger partial charge >= 0.3 is 5.63 Å². The molecule has 2 heterocycles. The Labute approximate surface area is 150 Å². The first-order valence-corrected chi connectivity index (χ1v) is 8.75. The Balaban J connectivity index is 1.75. The van der Waals surface area contributed by atoms with Crippen molar-refractivity contribution in [1.29, 1.82) is 0 Å². The van der Waals surface area contributed by atoms with Crippen molar-refractivity contribution in [2.24, 2.45) is 0 Å². The summed E-state index contributed by atoms with van der Waals surface area (Å²) in [6.45, 7) is 5.23. The van der Waals surface area contributed by atoms with Crippen LogP contribution in [-0.4, -0.2) is 11.6 Å². The number of hydrogen-bond donors (Lipinski definition) is 0. The third kappa shape index (κ3) is 2.78. The van der Waals surface area contributed by atoms with Gasteiger partial charge in [0.2, 0.25) is 0 Å². The minimum absolute atomic E-state index is 0.230. The topological polar surface area (TPSA) is 42.7 Å². The molecule has 0 radical (unpaired) electrons. The van der Waals surface area contributed by atoms with E-state index in [1.807, 2.05) is 36.9 Å². The van der Waals surface area contributed by atoms with Crippen molar-refractivity contribution in [2.45, 2.75) is 33.4 Å². The normalized spacial score (nSPS) is 14.3. The van der Waals surface area contributed by atoms with Crippen LogP contribution in [-0.2, 0) is 19.5 Å². The molecule has 5 heteroatoms. The fourth-order valence-corrected chi connectivity index (χ4v) is 3.59. The van der Waals surface area contributed by atoms with Crippen molar-refractivity contribution in [3.8, 4) is 5.75 Å². The van der Waals surface area contributed by atoms with Gasteiger partial charge in [-0.1, -0.05) is 25.1 Å². The molecule has 26 heavy (non-hydrogen) atoms. The molecule has 3 aromatic rings. The SMILES string of the molecule is CCc1c(C)c2ccc3c(c2oc1=O)CN(Cc1ccccc1F)CO3. The number of ether oxygens (including phenoxy) is 1. The molecule has 2 aromatic carbocycles. The number of aryl methyl sites for hydroxylation is 1. The summed E-state index contributed by atoms with van der Waals surface area (Å²) in [5.74, 6) is 0.486. The maximum absolute atomic E-state index is 14.0. The van der Waals surface area contributed by atoms with E-state index in [2.05, 4.69) is 0 Å². The average molecular weight is 353 g/mol. The van der Waals surface area contributed by atoms with Gasteiger partial charge in [-0.2, -0.15) is 0 Å². The second kappa shape index (κ2) is 6.57. The maximum atomic E-state index is 14.0. The third-order valence-electron chi connectivity index (χ3n) is 5.01. The lowest BCUT2D eigenvalue weighted by atomic mass is 10.0. The fourth-order valence-electron chi connectivity index (χ4n) is 3.59. The second-order valence-electron chi connectivity index (χ2n) is 6.62. The second-order valence-corrected chi connectivity index (χ2v) is 6.62. The van der Waals surface area contributed by atoms with Crippen LogP contribution in [0.4, 0.5) is 4.39 Å². The molecule has 0 amide bonds. The highest BCUT2D eigenvalue weighted by atomic mass is 19.1. The minimum Gasteiger partial charge on any atom is -0.478 e. The Morgan fingerprint density at radius 3 is 2.77 bits per heavy atom. The quantitative estimate of drug-likeness (QED) is 0.663. The first-order valence-electron chi connectivity index (χ1n) is 8.75. The first kappa shape index (κ1) is 16.8. The minimum atomic E-state index is -0.294. The van der Waals surface area contributed by atoms with Crippen LogP contribution in [0.25, 0.3) is 11.0 Å². The Kier molecular flexibility index (Phi) is 4.24. The predicted molar refractivity (Wildman–Crippen MR) is 97.7 cm³/mol. The van der Waals surface area contributed by atoms with Gasteiger partial charge in [-0.25, -0.2) is 9.18 Å². The first-order chi connectivity index (χ1) is 12.6. The zero-order valence-corrected chi connectivity index (χ0v) is 14.8. The van der Waals surface area contributed by atoms with Crippen LogP contribution in [0.15, 0.2) is 45.6 Å². The van der Waals surface area contributed by atoms with Crippen molar-refractivity contribution in [3.63, 3.8) is 0 Å². The zero-order chi connectivity index (χ0) is 18.3. The number of hydrogen-bond acceptors (Lipinski definition) is 4. The van der Waals surface area contributed by atoms with E-state index < -0.39 is 0 Å². The highest BCUT2D eigenvalue weighted by molar-refractivity contribution is 5.86. The largest absolute Gasteiger partial charge is 0.478 e.